The van der Waals surface area contributed by atoms with E-state index in [1.165, 1.54) is 64.6 Å². The molecule has 0 amide bonds. The molecule has 0 aromatic heterocycles. The van der Waals surface area contributed by atoms with E-state index in [9.17, 15) is 0 Å². The summed E-state index contributed by atoms with van der Waals surface area (Å²) in [7, 11) is 2.34. The lowest BCUT2D eigenvalue weighted by Gasteiger charge is -2.49. The van der Waals surface area contributed by atoms with Crippen LogP contribution in [0.2, 0.25) is 0 Å². The highest BCUT2D eigenvalue weighted by Crippen LogP contribution is 2.33. The molecule has 1 aliphatic carbocycles. The quantitative estimate of drug-likeness (QED) is 0.855. The first-order chi connectivity index (χ1) is 9.78. The fourth-order valence-corrected chi connectivity index (χ4v) is 4.98. The number of nitrogens with one attached hydrogen (secondary N) is 1. The van der Waals surface area contributed by atoms with Crippen molar-refractivity contribution >= 4 is 0 Å². The molecule has 3 nitrogen and oxygen atoms in total. The first-order valence-corrected chi connectivity index (χ1v) is 8.95. The normalized spacial score (nSPS) is 40.5. The monoisotopic (exact) mass is 279 g/mol. The van der Waals surface area contributed by atoms with Gasteiger partial charge < -0.3 is 10.2 Å². The highest BCUT2D eigenvalue weighted by Gasteiger charge is 2.37. The molecule has 116 valence electrons. The summed E-state index contributed by atoms with van der Waals surface area (Å²) < 4.78 is 0. The van der Waals surface area contributed by atoms with Crippen LogP contribution < -0.4 is 5.32 Å². The maximum Gasteiger partial charge on any atom is 0.0145 e. The summed E-state index contributed by atoms with van der Waals surface area (Å²) in [6.45, 7) is 7.42. The molecule has 0 aromatic carbocycles. The molecule has 0 spiro atoms. The SMILES string of the molecule is CCNC1CCCC(N2CCC3C(CCCN3C)C2)C1. The molecule has 0 bridgehead atoms. The second kappa shape index (κ2) is 6.76. The van der Waals surface area contributed by atoms with Gasteiger partial charge in [-0.3, -0.25) is 4.90 Å². The van der Waals surface area contributed by atoms with Gasteiger partial charge in [-0.05, 0) is 71.1 Å². The van der Waals surface area contributed by atoms with Crippen molar-refractivity contribution in [3.8, 4) is 0 Å². The number of fused-ring (bicyclic) bond motifs is 1. The van der Waals surface area contributed by atoms with Gasteiger partial charge in [0.1, 0.15) is 0 Å². The number of rotatable bonds is 3. The van der Waals surface area contributed by atoms with Crippen molar-refractivity contribution < 1.29 is 0 Å². The summed E-state index contributed by atoms with van der Waals surface area (Å²) in [5, 5.41) is 3.68. The van der Waals surface area contributed by atoms with Crippen molar-refractivity contribution in [3.63, 3.8) is 0 Å². The largest absolute Gasteiger partial charge is 0.314 e. The van der Waals surface area contributed by atoms with Crippen molar-refractivity contribution in [3.05, 3.63) is 0 Å². The molecule has 1 saturated carbocycles. The Morgan fingerprint density at radius 1 is 1.05 bits per heavy atom. The van der Waals surface area contributed by atoms with E-state index in [-0.39, 0.29) is 0 Å². The summed E-state index contributed by atoms with van der Waals surface area (Å²) in [6, 6.07) is 2.53. The summed E-state index contributed by atoms with van der Waals surface area (Å²) in [4.78, 5) is 5.48. The fourth-order valence-electron chi connectivity index (χ4n) is 4.98. The van der Waals surface area contributed by atoms with Crippen molar-refractivity contribution in [1.29, 1.82) is 0 Å². The third-order valence-corrected chi connectivity index (χ3v) is 6.03. The van der Waals surface area contributed by atoms with Crippen LogP contribution in [0.25, 0.3) is 0 Å². The van der Waals surface area contributed by atoms with Gasteiger partial charge in [0, 0.05) is 24.7 Å². The van der Waals surface area contributed by atoms with Crippen LogP contribution in [0.4, 0.5) is 0 Å². The van der Waals surface area contributed by atoms with E-state index in [1.807, 2.05) is 0 Å². The average Bonchev–Trinajstić information content (AvgIpc) is 2.48. The van der Waals surface area contributed by atoms with Crippen molar-refractivity contribution in [1.82, 2.24) is 15.1 Å². The third-order valence-electron chi connectivity index (χ3n) is 6.03. The third kappa shape index (κ3) is 3.20. The predicted molar refractivity (Wildman–Crippen MR) is 85.1 cm³/mol. The van der Waals surface area contributed by atoms with E-state index in [0.717, 1.165) is 30.6 Å². The molecule has 4 unspecified atom stereocenters. The summed E-state index contributed by atoms with van der Waals surface area (Å²) >= 11 is 0. The summed E-state index contributed by atoms with van der Waals surface area (Å²) in [5.41, 5.74) is 0. The Bertz CT molecular complexity index is 305. The fraction of sp³-hybridized carbons (Fsp3) is 1.00. The van der Waals surface area contributed by atoms with Gasteiger partial charge in [0.05, 0.1) is 0 Å². The molecule has 4 atom stereocenters. The molecular weight excluding hydrogens is 246 g/mol. The Morgan fingerprint density at radius 2 is 1.95 bits per heavy atom. The van der Waals surface area contributed by atoms with Gasteiger partial charge in [-0.25, -0.2) is 0 Å². The van der Waals surface area contributed by atoms with Crippen LogP contribution in [-0.2, 0) is 0 Å². The Kier molecular flexibility index (Phi) is 5.00. The van der Waals surface area contributed by atoms with Crippen LogP contribution in [0.5, 0.6) is 0 Å². The molecule has 2 saturated heterocycles. The van der Waals surface area contributed by atoms with Crippen LogP contribution in [0.1, 0.15) is 51.9 Å². The Labute approximate surface area is 125 Å². The first kappa shape index (κ1) is 14.8. The zero-order valence-electron chi connectivity index (χ0n) is 13.5. The van der Waals surface area contributed by atoms with Gasteiger partial charge in [-0.1, -0.05) is 13.3 Å². The molecule has 2 aliphatic heterocycles. The van der Waals surface area contributed by atoms with E-state index >= 15 is 0 Å². The summed E-state index contributed by atoms with van der Waals surface area (Å²) in [6.07, 6.45) is 9.94. The van der Waals surface area contributed by atoms with E-state index in [1.54, 1.807) is 0 Å². The number of nitrogens with zero attached hydrogens (tertiary/aromatic N) is 2. The van der Waals surface area contributed by atoms with Crippen LogP contribution >= 0.6 is 0 Å². The smallest absolute Gasteiger partial charge is 0.0145 e. The van der Waals surface area contributed by atoms with E-state index in [2.05, 4.69) is 29.1 Å². The molecule has 3 rings (SSSR count). The molecule has 0 radical (unpaired) electrons. The lowest BCUT2D eigenvalue weighted by Crippen LogP contribution is -2.56. The minimum absolute atomic E-state index is 0.783. The molecule has 20 heavy (non-hydrogen) atoms. The lowest BCUT2D eigenvalue weighted by molar-refractivity contribution is 0.00966. The Hall–Kier alpha value is -0.120. The minimum atomic E-state index is 0.783. The molecule has 2 heterocycles. The van der Waals surface area contributed by atoms with Gasteiger partial charge in [0.2, 0.25) is 0 Å². The minimum Gasteiger partial charge on any atom is -0.314 e. The van der Waals surface area contributed by atoms with Crippen molar-refractivity contribution in [2.45, 2.75) is 70.0 Å². The van der Waals surface area contributed by atoms with Gasteiger partial charge in [0.15, 0.2) is 0 Å². The Morgan fingerprint density at radius 3 is 2.80 bits per heavy atom. The second-order valence-corrected chi connectivity index (χ2v) is 7.31. The maximum atomic E-state index is 3.68. The molecule has 0 aromatic rings. The van der Waals surface area contributed by atoms with Crippen LogP contribution in [0.3, 0.4) is 0 Å². The highest BCUT2D eigenvalue weighted by molar-refractivity contribution is 4.93. The van der Waals surface area contributed by atoms with Crippen molar-refractivity contribution in [2.24, 2.45) is 5.92 Å². The van der Waals surface area contributed by atoms with E-state index in [0.29, 0.717) is 0 Å². The van der Waals surface area contributed by atoms with Crippen molar-refractivity contribution in [2.75, 3.05) is 33.2 Å². The standard InChI is InChI=1S/C17H33N3/c1-3-18-15-7-4-8-16(12-15)20-11-9-17-14(13-20)6-5-10-19(17)2/h14-18H,3-13H2,1-2H3. The molecule has 1 N–H and O–H groups in total. The van der Waals surface area contributed by atoms with Crippen LogP contribution in [0, 0.1) is 5.92 Å². The van der Waals surface area contributed by atoms with Gasteiger partial charge in [0.25, 0.3) is 0 Å². The van der Waals surface area contributed by atoms with Crippen LogP contribution in [0.15, 0.2) is 0 Å². The Balaban J connectivity index is 1.55. The van der Waals surface area contributed by atoms with E-state index < -0.39 is 0 Å². The van der Waals surface area contributed by atoms with Gasteiger partial charge >= 0.3 is 0 Å². The number of likely N-dealkylation sites (tertiary alicyclic amines) is 2. The van der Waals surface area contributed by atoms with Gasteiger partial charge in [-0.15, -0.1) is 0 Å². The average molecular weight is 279 g/mol. The van der Waals surface area contributed by atoms with Crippen LogP contribution in [-0.4, -0.2) is 61.2 Å². The molecular formula is C17H33N3. The lowest BCUT2D eigenvalue weighted by atomic mass is 9.81. The first-order valence-electron chi connectivity index (χ1n) is 8.95. The van der Waals surface area contributed by atoms with Gasteiger partial charge in [-0.2, -0.15) is 0 Å². The predicted octanol–water partition coefficient (Wildman–Crippen LogP) is 2.32. The number of hydrogen-bond acceptors (Lipinski definition) is 3. The highest BCUT2D eigenvalue weighted by atomic mass is 15.2. The topological polar surface area (TPSA) is 18.5 Å². The molecule has 3 aliphatic rings. The van der Waals surface area contributed by atoms with E-state index in [4.69, 9.17) is 0 Å². The maximum absolute atomic E-state index is 3.68. The molecule has 3 heteroatoms. The zero-order valence-corrected chi connectivity index (χ0v) is 13.5. The summed E-state index contributed by atoms with van der Waals surface area (Å²) in [5.74, 6) is 0.946. The number of hydrogen-bond donors (Lipinski definition) is 1. The second-order valence-electron chi connectivity index (χ2n) is 7.31. The molecule has 3 fully saturated rings. The number of piperidine rings is 2. The zero-order chi connectivity index (χ0) is 13.9.